The Morgan fingerprint density at radius 3 is 1.94 bits per heavy atom. The van der Waals surface area contributed by atoms with Crippen LogP contribution in [0.2, 0.25) is 0 Å². The summed E-state index contributed by atoms with van der Waals surface area (Å²) < 4.78 is 0. The molecule has 3 heterocycles. The average Bonchev–Trinajstić information content (AvgIpc) is 2.83. The van der Waals surface area contributed by atoms with Crippen molar-refractivity contribution in [2.24, 2.45) is 10.2 Å². The van der Waals surface area contributed by atoms with Gasteiger partial charge in [0.2, 0.25) is 0 Å². The van der Waals surface area contributed by atoms with Crippen LogP contribution >= 0.6 is 11.8 Å². The van der Waals surface area contributed by atoms with Gasteiger partial charge in [-0.05, 0) is 30.7 Å². The third kappa shape index (κ3) is 8.81. The second kappa shape index (κ2) is 13.9. The van der Waals surface area contributed by atoms with Gasteiger partial charge in [0, 0.05) is 24.2 Å². The lowest BCUT2D eigenvalue weighted by molar-refractivity contribution is 0.659. The van der Waals surface area contributed by atoms with Gasteiger partial charge in [0.25, 0.3) is 0 Å². The molecule has 0 spiro atoms. The largest absolute Gasteiger partial charge is 0.261 e. The summed E-state index contributed by atoms with van der Waals surface area (Å²) in [5, 5.41) is 9.15. The summed E-state index contributed by atoms with van der Waals surface area (Å²) in [5.74, 6) is 2.13. The van der Waals surface area contributed by atoms with E-state index in [0.717, 1.165) is 23.6 Å². The van der Waals surface area contributed by atoms with Crippen molar-refractivity contribution in [2.45, 2.75) is 44.2 Å². The molecule has 0 aliphatic heterocycles. The summed E-state index contributed by atoms with van der Waals surface area (Å²) in [5.41, 5.74) is 7.44. The fraction of sp³-hybridized carbons (Fsp3) is 0.304. The van der Waals surface area contributed by atoms with Crippen LogP contribution in [-0.2, 0) is 0 Å². The molecule has 0 aliphatic rings. The van der Waals surface area contributed by atoms with Crippen LogP contribution in [0.5, 0.6) is 0 Å². The van der Waals surface area contributed by atoms with Crippen molar-refractivity contribution in [3.05, 3.63) is 66.2 Å². The monoisotopic (exact) mass is 448 g/mol. The number of anilines is 2. The first-order valence-corrected chi connectivity index (χ1v) is 11.7. The van der Waals surface area contributed by atoms with E-state index in [9.17, 15) is 0 Å². The number of pyridine rings is 2. The quantitative estimate of drug-likeness (QED) is 0.121. The van der Waals surface area contributed by atoms with Crippen LogP contribution in [0.1, 0.15) is 50.4 Å². The van der Waals surface area contributed by atoms with E-state index in [1.807, 2.05) is 36.4 Å². The molecule has 166 valence electrons. The molecule has 0 unspecified atom stereocenters. The summed E-state index contributed by atoms with van der Waals surface area (Å²) in [7, 11) is 0. The van der Waals surface area contributed by atoms with Crippen molar-refractivity contribution in [2.75, 3.05) is 16.6 Å². The third-order valence-corrected chi connectivity index (χ3v) is 5.25. The standard InChI is InChI=1S/C23H28N8S/c1-2-3-4-5-10-15-32-23-28-21(30-26-17-19-11-6-8-13-24-19)16-22(29-23)31-27-18-20-12-7-9-14-25-20/h6-9,11-14,16-18H,2-5,10,15H2,1H3,(H2,28,29,30,31)/b26-17+,27-18+. The maximum atomic E-state index is 4.57. The highest BCUT2D eigenvalue weighted by atomic mass is 32.2. The second-order valence-corrected chi connectivity index (χ2v) is 7.99. The lowest BCUT2D eigenvalue weighted by atomic mass is 10.2. The highest BCUT2D eigenvalue weighted by molar-refractivity contribution is 7.99. The fourth-order valence-corrected chi connectivity index (χ4v) is 3.56. The summed E-state index contributed by atoms with van der Waals surface area (Å²) >= 11 is 1.64. The zero-order chi connectivity index (χ0) is 22.3. The molecular weight excluding hydrogens is 420 g/mol. The molecule has 0 aliphatic carbocycles. The van der Waals surface area contributed by atoms with Crippen molar-refractivity contribution < 1.29 is 0 Å². The summed E-state index contributed by atoms with van der Waals surface area (Å²) in [6.45, 7) is 2.22. The lowest BCUT2D eigenvalue weighted by Gasteiger charge is -2.07. The van der Waals surface area contributed by atoms with Crippen LogP contribution in [0.15, 0.2) is 70.2 Å². The Morgan fingerprint density at radius 1 is 0.812 bits per heavy atom. The minimum Gasteiger partial charge on any atom is -0.261 e. The number of hydrogen-bond acceptors (Lipinski definition) is 9. The molecule has 8 nitrogen and oxygen atoms in total. The van der Waals surface area contributed by atoms with Gasteiger partial charge in [0.1, 0.15) is 0 Å². The second-order valence-electron chi connectivity index (χ2n) is 6.93. The first kappa shape index (κ1) is 23.3. The molecule has 0 aromatic carbocycles. The zero-order valence-electron chi connectivity index (χ0n) is 18.2. The topological polar surface area (TPSA) is 100 Å². The first-order chi connectivity index (χ1) is 15.8. The molecular formula is C23H28N8S. The number of aromatic nitrogens is 4. The number of hydrogen-bond donors (Lipinski definition) is 2. The maximum absolute atomic E-state index is 4.57. The van der Waals surface area contributed by atoms with Crippen LogP contribution in [-0.4, -0.2) is 38.1 Å². The Labute approximate surface area is 193 Å². The van der Waals surface area contributed by atoms with Gasteiger partial charge in [0.15, 0.2) is 16.8 Å². The minimum atomic E-state index is 0.580. The van der Waals surface area contributed by atoms with E-state index in [1.165, 1.54) is 25.7 Å². The minimum absolute atomic E-state index is 0.580. The average molecular weight is 449 g/mol. The fourth-order valence-electron chi connectivity index (χ4n) is 2.71. The van der Waals surface area contributed by atoms with Crippen LogP contribution in [0.3, 0.4) is 0 Å². The normalized spacial score (nSPS) is 11.3. The predicted octanol–water partition coefficient (Wildman–Crippen LogP) is 5.22. The number of nitrogens with one attached hydrogen (secondary N) is 2. The zero-order valence-corrected chi connectivity index (χ0v) is 19.0. The molecule has 0 atom stereocenters. The van der Waals surface area contributed by atoms with E-state index >= 15 is 0 Å². The van der Waals surface area contributed by atoms with E-state index in [4.69, 9.17) is 0 Å². The van der Waals surface area contributed by atoms with Crippen molar-refractivity contribution in [3.63, 3.8) is 0 Å². The summed E-state index contributed by atoms with van der Waals surface area (Å²) in [6.07, 6.45) is 12.9. The SMILES string of the molecule is CCCCCCCSc1nc(N/N=C/c2ccccn2)cc(N/N=C/c2ccccn2)n1. The Balaban J connectivity index is 1.64. The van der Waals surface area contributed by atoms with E-state index in [2.05, 4.69) is 47.9 Å². The van der Waals surface area contributed by atoms with Gasteiger partial charge in [-0.25, -0.2) is 9.97 Å². The molecule has 32 heavy (non-hydrogen) atoms. The molecule has 9 heteroatoms. The van der Waals surface area contributed by atoms with Gasteiger partial charge >= 0.3 is 0 Å². The lowest BCUT2D eigenvalue weighted by Crippen LogP contribution is -2.02. The van der Waals surface area contributed by atoms with Crippen molar-refractivity contribution in [1.29, 1.82) is 0 Å². The van der Waals surface area contributed by atoms with Crippen LogP contribution in [0.25, 0.3) is 0 Å². The predicted molar refractivity (Wildman–Crippen MR) is 132 cm³/mol. The first-order valence-electron chi connectivity index (χ1n) is 10.8. The molecule has 0 bridgehead atoms. The van der Waals surface area contributed by atoms with Gasteiger partial charge in [-0.3, -0.25) is 20.8 Å². The van der Waals surface area contributed by atoms with Crippen molar-refractivity contribution in [3.8, 4) is 0 Å². The molecule has 0 radical (unpaired) electrons. The number of unbranched alkanes of at least 4 members (excludes halogenated alkanes) is 4. The number of nitrogens with zero attached hydrogens (tertiary/aromatic N) is 6. The maximum Gasteiger partial charge on any atom is 0.191 e. The van der Waals surface area contributed by atoms with Gasteiger partial charge in [0.05, 0.1) is 23.8 Å². The highest BCUT2D eigenvalue weighted by Gasteiger charge is 2.05. The van der Waals surface area contributed by atoms with E-state index in [1.54, 1.807) is 42.7 Å². The summed E-state index contributed by atoms with van der Waals surface area (Å²) in [4.78, 5) is 17.6. The highest BCUT2D eigenvalue weighted by Crippen LogP contribution is 2.21. The number of rotatable bonds is 13. The molecule has 0 saturated heterocycles. The number of hydrazone groups is 2. The van der Waals surface area contributed by atoms with Crippen molar-refractivity contribution >= 4 is 35.8 Å². The molecule has 0 saturated carbocycles. The molecule has 0 fully saturated rings. The molecule has 0 amide bonds. The van der Waals surface area contributed by atoms with Crippen LogP contribution < -0.4 is 10.9 Å². The molecule has 3 aromatic heterocycles. The van der Waals surface area contributed by atoms with Gasteiger partial charge in [-0.1, -0.05) is 56.5 Å². The van der Waals surface area contributed by atoms with E-state index in [-0.39, 0.29) is 0 Å². The molecule has 2 N–H and O–H groups in total. The van der Waals surface area contributed by atoms with Crippen LogP contribution in [0, 0.1) is 0 Å². The third-order valence-electron chi connectivity index (χ3n) is 4.31. The Bertz CT molecular complexity index is 910. The summed E-state index contributed by atoms with van der Waals surface area (Å²) in [6, 6.07) is 13.1. The van der Waals surface area contributed by atoms with Crippen LogP contribution in [0.4, 0.5) is 11.6 Å². The van der Waals surface area contributed by atoms with E-state index < -0.39 is 0 Å². The van der Waals surface area contributed by atoms with E-state index in [0.29, 0.717) is 16.8 Å². The smallest absolute Gasteiger partial charge is 0.191 e. The van der Waals surface area contributed by atoms with Gasteiger partial charge in [-0.2, -0.15) is 10.2 Å². The van der Waals surface area contributed by atoms with Gasteiger partial charge in [-0.15, -0.1) is 0 Å². The molecule has 3 aromatic rings. The molecule has 3 rings (SSSR count). The Kier molecular flexibility index (Phi) is 10.1. The number of thioether (sulfide) groups is 1. The Morgan fingerprint density at radius 2 is 1.41 bits per heavy atom. The van der Waals surface area contributed by atoms with Crippen molar-refractivity contribution in [1.82, 2.24) is 19.9 Å². The Hall–Kier alpha value is -3.33. The van der Waals surface area contributed by atoms with Gasteiger partial charge < -0.3 is 0 Å².